The number of halogens is 1. The van der Waals surface area contributed by atoms with E-state index in [0.29, 0.717) is 6.54 Å². The van der Waals surface area contributed by atoms with Crippen molar-refractivity contribution in [2.75, 3.05) is 6.54 Å². The molecule has 1 fully saturated rings. The summed E-state index contributed by atoms with van der Waals surface area (Å²) in [6.45, 7) is 6.28. The summed E-state index contributed by atoms with van der Waals surface area (Å²) in [5, 5.41) is 0. The van der Waals surface area contributed by atoms with Crippen LogP contribution < -0.4 is 0 Å². The SMILES string of the molecule is CC(C)(C)OC(=O)N1CCC[C@@H]1/C=C/c1cccc(F)c1. The van der Waals surface area contributed by atoms with Crippen LogP contribution in [0.25, 0.3) is 6.08 Å². The molecule has 1 aromatic rings. The van der Waals surface area contributed by atoms with E-state index in [1.54, 1.807) is 11.0 Å². The van der Waals surface area contributed by atoms with E-state index in [1.807, 2.05) is 39.0 Å². The molecule has 0 saturated carbocycles. The molecule has 0 unspecified atom stereocenters. The maximum atomic E-state index is 13.1. The molecule has 1 amide bonds. The molecule has 0 aliphatic carbocycles. The van der Waals surface area contributed by atoms with Gasteiger partial charge >= 0.3 is 6.09 Å². The topological polar surface area (TPSA) is 29.5 Å². The van der Waals surface area contributed by atoms with Crippen LogP contribution in [-0.4, -0.2) is 29.2 Å². The van der Waals surface area contributed by atoms with Gasteiger partial charge in [-0.1, -0.05) is 24.3 Å². The first-order chi connectivity index (χ1) is 9.85. The zero-order chi connectivity index (χ0) is 15.5. The molecule has 0 aromatic heterocycles. The lowest BCUT2D eigenvalue weighted by atomic mass is 10.1. The maximum absolute atomic E-state index is 13.1. The Kier molecular flexibility index (Phi) is 4.66. The normalized spacial score (nSPS) is 19.2. The van der Waals surface area contributed by atoms with E-state index < -0.39 is 5.60 Å². The average molecular weight is 291 g/mol. The monoisotopic (exact) mass is 291 g/mol. The number of hydrogen-bond donors (Lipinski definition) is 0. The highest BCUT2D eigenvalue weighted by Crippen LogP contribution is 2.22. The van der Waals surface area contributed by atoms with Crippen molar-refractivity contribution in [2.45, 2.75) is 45.3 Å². The smallest absolute Gasteiger partial charge is 0.410 e. The van der Waals surface area contributed by atoms with Crippen LogP contribution in [0.2, 0.25) is 0 Å². The third kappa shape index (κ3) is 4.59. The Morgan fingerprint density at radius 2 is 2.19 bits per heavy atom. The average Bonchev–Trinajstić information content (AvgIpc) is 2.83. The molecule has 0 N–H and O–H groups in total. The molecule has 1 atom stereocenters. The first-order valence-electron chi connectivity index (χ1n) is 7.28. The van der Waals surface area contributed by atoms with Gasteiger partial charge in [-0.2, -0.15) is 0 Å². The van der Waals surface area contributed by atoms with Gasteiger partial charge in [0.2, 0.25) is 0 Å². The second-order valence-corrected chi connectivity index (χ2v) is 6.30. The molecule has 1 aliphatic heterocycles. The standard InChI is InChI=1S/C17H22FNO2/c1-17(2,3)21-16(20)19-11-5-8-15(19)10-9-13-6-4-7-14(18)12-13/h4,6-7,9-10,12,15H,5,8,11H2,1-3H3/b10-9+/t15-/m1/s1. The van der Waals surface area contributed by atoms with E-state index in [9.17, 15) is 9.18 Å². The molecule has 1 saturated heterocycles. The van der Waals surface area contributed by atoms with Gasteiger partial charge in [0, 0.05) is 6.54 Å². The largest absolute Gasteiger partial charge is 0.444 e. The minimum atomic E-state index is -0.490. The van der Waals surface area contributed by atoms with Crippen LogP contribution in [0.5, 0.6) is 0 Å². The number of amides is 1. The Labute approximate surface area is 125 Å². The molecule has 114 valence electrons. The van der Waals surface area contributed by atoms with Crippen LogP contribution in [0.15, 0.2) is 30.3 Å². The minimum absolute atomic E-state index is 0.0168. The summed E-state index contributed by atoms with van der Waals surface area (Å²) < 4.78 is 18.6. The summed E-state index contributed by atoms with van der Waals surface area (Å²) in [7, 11) is 0. The fraction of sp³-hybridized carbons (Fsp3) is 0.471. The fourth-order valence-corrected chi connectivity index (χ4v) is 2.37. The summed E-state index contributed by atoms with van der Waals surface area (Å²) in [5.74, 6) is -0.257. The van der Waals surface area contributed by atoms with Crippen LogP contribution in [0.1, 0.15) is 39.2 Å². The second kappa shape index (κ2) is 6.29. The van der Waals surface area contributed by atoms with Crippen molar-refractivity contribution in [3.05, 3.63) is 41.7 Å². The lowest BCUT2D eigenvalue weighted by Crippen LogP contribution is -2.39. The van der Waals surface area contributed by atoms with Crippen molar-refractivity contribution in [1.82, 2.24) is 4.90 Å². The van der Waals surface area contributed by atoms with Crippen molar-refractivity contribution in [2.24, 2.45) is 0 Å². The molecule has 4 heteroatoms. The van der Waals surface area contributed by atoms with Crippen molar-refractivity contribution < 1.29 is 13.9 Å². The molecular weight excluding hydrogens is 269 g/mol. The number of hydrogen-bond acceptors (Lipinski definition) is 2. The number of benzene rings is 1. The van der Waals surface area contributed by atoms with Gasteiger partial charge in [-0.05, 0) is 51.3 Å². The summed E-state index contributed by atoms with van der Waals surface area (Å²) in [6, 6.07) is 6.42. The third-order valence-corrected chi connectivity index (χ3v) is 3.29. The van der Waals surface area contributed by atoms with Gasteiger partial charge in [-0.15, -0.1) is 0 Å². The lowest BCUT2D eigenvalue weighted by molar-refractivity contribution is 0.0256. The molecule has 21 heavy (non-hydrogen) atoms. The van der Waals surface area contributed by atoms with Crippen molar-refractivity contribution in [3.8, 4) is 0 Å². The van der Waals surface area contributed by atoms with Gasteiger partial charge in [-0.25, -0.2) is 9.18 Å². The van der Waals surface area contributed by atoms with Crippen LogP contribution in [0.3, 0.4) is 0 Å². The van der Waals surface area contributed by atoms with E-state index in [0.717, 1.165) is 18.4 Å². The molecule has 1 aliphatic rings. The summed E-state index contributed by atoms with van der Waals surface area (Å²) >= 11 is 0. The Balaban J connectivity index is 2.03. The van der Waals surface area contributed by atoms with Crippen molar-refractivity contribution in [3.63, 3.8) is 0 Å². The zero-order valence-electron chi connectivity index (χ0n) is 12.8. The lowest BCUT2D eigenvalue weighted by Gasteiger charge is -2.27. The number of carbonyl (C=O) groups excluding carboxylic acids is 1. The Hall–Kier alpha value is -1.84. The number of ether oxygens (including phenoxy) is 1. The number of nitrogens with zero attached hydrogens (tertiary/aromatic N) is 1. The number of carbonyl (C=O) groups is 1. The van der Waals surface area contributed by atoms with E-state index in [-0.39, 0.29) is 18.0 Å². The second-order valence-electron chi connectivity index (χ2n) is 6.30. The van der Waals surface area contributed by atoms with Crippen LogP contribution in [0.4, 0.5) is 9.18 Å². The summed E-state index contributed by atoms with van der Waals surface area (Å²) in [5.41, 5.74) is 0.308. The summed E-state index contributed by atoms with van der Waals surface area (Å²) in [4.78, 5) is 13.9. The van der Waals surface area contributed by atoms with Gasteiger partial charge in [0.15, 0.2) is 0 Å². The molecular formula is C17H22FNO2. The quantitative estimate of drug-likeness (QED) is 0.815. The predicted molar refractivity (Wildman–Crippen MR) is 81.4 cm³/mol. The highest BCUT2D eigenvalue weighted by molar-refractivity contribution is 5.69. The van der Waals surface area contributed by atoms with Crippen LogP contribution >= 0.6 is 0 Å². The third-order valence-electron chi connectivity index (χ3n) is 3.29. The van der Waals surface area contributed by atoms with Gasteiger partial charge in [-0.3, -0.25) is 0 Å². The fourth-order valence-electron chi connectivity index (χ4n) is 2.37. The molecule has 1 heterocycles. The van der Waals surface area contributed by atoms with E-state index in [4.69, 9.17) is 4.74 Å². The number of likely N-dealkylation sites (tertiary alicyclic amines) is 1. The van der Waals surface area contributed by atoms with Crippen LogP contribution in [0, 0.1) is 5.82 Å². The van der Waals surface area contributed by atoms with Crippen LogP contribution in [-0.2, 0) is 4.74 Å². The predicted octanol–water partition coefficient (Wildman–Crippen LogP) is 4.24. The maximum Gasteiger partial charge on any atom is 0.410 e. The van der Waals surface area contributed by atoms with E-state index in [1.165, 1.54) is 12.1 Å². The highest BCUT2D eigenvalue weighted by Gasteiger charge is 2.30. The first kappa shape index (κ1) is 15.5. The molecule has 1 aromatic carbocycles. The van der Waals surface area contributed by atoms with Crippen molar-refractivity contribution in [1.29, 1.82) is 0 Å². The molecule has 0 spiro atoms. The minimum Gasteiger partial charge on any atom is -0.444 e. The van der Waals surface area contributed by atoms with Gasteiger partial charge < -0.3 is 9.64 Å². The van der Waals surface area contributed by atoms with E-state index >= 15 is 0 Å². The Bertz CT molecular complexity index is 534. The molecule has 2 rings (SSSR count). The summed E-state index contributed by atoms with van der Waals surface area (Å²) in [6.07, 6.45) is 5.39. The molecule has 3 nitrogen and oxygen atoms in total. The first-order valence-corrected chi connectivity index (χ1v) is 7.28. The van der Waals surface area contributed by atoms with Crippen molar-refractivity contribution >= 4 is 12.2 Å². The number of rotatable bonds is 2. The highest BCUT2D eigenvalue weighted by atomic mass is 19.1. The molecule has 0 bridgehead atoms. The van der Waals surface area contributed by atoms with E-state index in [2.05, 4.69) is 0 Å². The van der Waals surface area contributed by atoms with Gasteiger partial charge in [0.05, 0.1) is 6.04 Å². The molecule has 0 radical (unpaired) electrons. The van der Waals surface area contributed by atoms with Gasteiger partial charge in [0.25, 0.3) is 0 Å². The Morgan fingerprint density at radius 1 is 1.43 bits per heavy atom. The van der Waals surface area contributed by atoms with Gasteiger partial charge in [0.1, 0.15) is 11.4 Å². The Morgan fingerprint density at radius 3 is 2.86 bits per heavy atom. The zero-order valence-corrected chi connectivity index (χ0v) is 12.8.